The van der Waals surface area contributed by atoms with Crippen LogP contribution in [0.3, 0.4) is 0 Å². The van der Waals surface area contributed by atoms with E-state index in [2.05, 4.69) is 0 Å². The van der Waals surface area contributed by atoms with Crippen LogP contribution in [0.5, 0.6) is 0 Å². The number of carbonyl (C=O) groups is 1. The third-order valence-electron chi connectivity index (χ3n) is 0. The van der Waals surface area contributed by atoms with Gasteiger partial charge in [-0.25, -0.2) is 0 Å². The van der Waals surface area contributed by atoms with Crippen molar-refractivity contribution in [3.8, 4) is 0 Å². The molecule has 0 aromatic heterocycles. The minimum Gasteiger partial charge on any atom is -0.550 e. The molecule has 0 aromatic carbocycles. The van der Waals surface area contributed by atoms with E-state index in [0.717, 1.165) is 6.92 Å². The van der Waals surface area contributed by atoms with Crippen LogP contribution < -0.4 is 5.11 Å². The molecule has 0 atom stereocenters. The minimum absolute atomic E-state index is 0. The first kappa shape index (κ1) is 64.5. The van der Waals surface area contributed by atoms with Gasteiger partial charge >= 0.3 is 20.4 Å². The molecule has 0 saturated carbocycles. The van der Waals surface area contributed by atoms with Crippen LogP contribution in [-0.2, 0) is 25.2 Å². The molecule has 0 spiro atoms. The van der Waals surface area contributed by atoms with Crippen LogP contribution in [0.25, 0.3) is 0 Å². The first-order valence-corrected chi connectivity index (χ1v) is 0.908. The van der Waals surface area contributed by atoms with Crippen LogP contribution in [-0.4, -0.2) is 27.9 Å². The molecule has 6 nitrogen and oxygen atoms in total. The molecule has 0 heterocycles. The van der Waals surface area contributed by atoms with Gasteiger partial charge in [0.2, 0.25) is 0 Å². The van der Waals surface area contributed by atoms with Gasteiger partial charge in [-0.3, -0.25) is 0 Å². The molecule has 0 fully saturated rings. The fourth-order valence-electron chi connectivity index (χ4n) is 0. The number of carboxylic acids is 1. The Kier molecular flexibility index (Phi) is 315. The Bertz CT molecular complexity index is 34.0. The summed E-state index contributed by atoms with van der Waals surface area (Å²) in [4.78, 5) is 8.89. The first-order chi connectivity index (χ1) is 1.73. The second-order valence-electron chi connectivity index (χ2n) is 0.492. The maximum absolute atomic E-state index is 8.89. The second-order valence-corrected chi connectivity index (χ2v) is 0.492. The van der Waals surface area contributed by atoms with Crippen LogP contribution in [0.2, 0.25) is 0 Å². The Morgan fingerprint density at radius 3 is 1.11 bits per heavy atom. The van der Waals surface area contributed by atoms with Crippen molar-refractivity contribution in [1.29, 1.82) is 0 Å². The number of hydrogen-bond donors (Lipinski definition) is 0. The standard InChI is InChI=1S/C2H4O2.4H2O.Pd/c1-2(3)4;;;;;/h1H3,(H,3,4);4*1H2;/q;;;;;+2/p-1. The minimum atomic E-state index is -1.08. The summed E-state index contributed by atoms with van der Waals surface area (Å²) in [5.74, 6) is -1.08. The van der Waals surface area contributed by atoms with E-state index in [1.54, 1.807) is 0 Å². The molecule has 64 valence electrons. The van der Waals surface area contributed by atoms with E-state index in [1.807, 2.05) is 0 Å². The number of hydrogen-bond acceptors (Lipinski definition) is 2. The normalized spacial score (nSPS) is 2.78. The summed E-state index contributed by atoms with van der Waals surface area (Å²) in [6, 6.07) is 0. The number of carbonyl (C=O) groups excluding carboxylic acids is 1. The average molecular weight is 238 g/mol. The summed E-state index contributed by atoms with van der Waals surface area (Å²) < 4.78 is 0. The van der Waals surface area contributed by atoms with Crippen molar-refractivity contribution < 1.29 is 52.2 Å². The van der Waals surface area contributed by atoms with Crippen LogP contribution in [0.15, 0.2) is 0 Å². The van der Waals surface area contributed by atoms with Crippen molar-refractivity contribution in [3.05, 3.63) is 0 Å². The average Bonchev–Trinajstić information content (AvgIpc) is 0.811. The van der Waals surface area contributed by atoms with Crippen molar-refractivity contribution in [2.24, 2.45) is 0 Å². The van der Waals surface area contributed by atoms with Crippen molar-refractivity contribution in [2.75, 3.05) is 0 Å². The SMILES string of the molecule is CC(=O)[O-].O.O.O.O.[Pd+2]. The molecule has 0 amide bonds. The molecule has 9 heavy (non-hydrogen) atoms. The Balaban J connectivity index is -0.00000000450. The summed E-state index contributed by atoms with van der Waals surface area (Å²) in [7, 11) is 0. The number of rotatable bonds is 0. The molecule has 0 aliphatic rings. The summed E-state index contributed by atoms with van der Waals surface area (Å²) in [6.07, 6.45) is 0. The second kappa shape index (κ2) is 43.9. The molecule has 7 heteroatoms. The molecule has 0 radical (unpaired) electrons. The van der Waals surface area contributed by atoms with Crippen LogP contribution in [0.1, 0.15) is 6.92 Å². The molecule has 0 aliphatic heterocycles. The number of carboxylic acid groups (broad SMARTS) is 1. The zero-order chi connectivity index (χ0) is 3.58. The van der Waals surface area contributed by atoms with Gasteiger partial charge in [0, 0.05) is 5.97 Å². The van der Waals surface area contributed by atoms with Crippen LogP contribution in [0.4, 0.5) is 0 Å². The molecule has 0 unspecified atom stereocenters. The molecular formula is C2H11O6Pd+. The summed E-state index contributed by atoms with van der Waals surface area (Å²) in [6.45, 7) is 0.972. The molecule has 0 aromatic rings. The molecular weight excluding hydrogens is 226 g/mol. The quantitative estimate of drug-likeness (QED) is 0.387. The molecule has 0 rings (SSSR count). The van der Waals surface area contributed by atoms with Gasteiger partial charge in [-0.05, 0) is 6.92 Å². The van der Waals surface area contributed by atoms with E-state index in [9.17, 15) is 0 Å². The van der Waals surface area contributed by atoms with Gasteiger partial charge in [-0.2, -0.15) is 0 Å². The van der Waals surface area contributed by atoms with Crippen molar-refractivity contribution in [2.45, 2.75) is 6.92 Å². The summed E-state index contributed by atoms with van der Waals surface area (Å²) in [5.41, 5.74) is 0. The van der Waals surface area contributed by atoms with Crippen molar-refractivity contribution in [1.82, 2.24) is 0 Å². The molecule has 0 aliphatic carbocycles. The zero-order valence-electron chi connectivity index (χ0n) is 4.63. The van der Waals surface area contributed by atoms with Crippen LogP contribution >= 0.6 is 0 Å². The maximum atomic E-state index is 8.89. The van der Waals surface area contributed by atoms with E-state index in [-0.39, 0.29) is 42.3 Å². The fraction of sp³-hybridized carbons (Fsp3) is 0.500. The van der Waals surface area contributed by atoms with Gasteiger partial charge in [0.1, 0.15) is 0 Å². The van der Waals surface area contributed by atoms with Gasteiger partial charge in [-0.15, -0.1) is 0 Å². The molecule has 8 N–H and O–H groups in total. The third-order valence-corrected chi connectivity index (χ3v) is 0. The molecule has 0 saturated heterocycles. The van der Waals surface area contributed by atoms with Gasteiger partial charge in [-0.1, -0.05) is 0 Å². The number of aliphatic carboxylic acids is 1. The smallest absolute Gasteiger partial charge is 0.550 e. The van der Waals surface area contributed by atoms with E-state index in [1.165, 1.54) is 0 Å². The van der Waals surface area contributed by atoms with Gasteiger partial charge in [0.05, 0.1) is 0 Å². The monoisotopic (exact) mass is 237 g/mol. The Hall–Kier alpha value is -0.0277. The Labute approximate surface area is 65.8 Å². The topological polar surface area (TPSA) is 166 Å². The van der Waals surface area contributed by atoms with E-state index in [0.29, 0.717) is 0 Å². The summed E-state index contributed by atoms with van der Waals surface area (Å²) in [5, 5.41) is 8.89. The van der Waals surface area contributed by atoms with Gasteiger partial charge < -0.3 is 31.8 Å². The third kappa shape index (κ3) is 372000. The van der Waals surface area contributed by atoms with E-state index in [4.69, 9.17) is 9.90 Å². The van der Waals surface area contributed by atoms with E-state index >= 15 is 0 Å². The van der Waals surface area contributed by atoms with Crippen molar-refractivity contribution in [3.63, 3.8) is 0 Å². The van der Waals surface area contributed by atoms with Gasteiger partial charge in [0.25, 0.3) is 0 Å². The summed E-state index contributed by atoms with van der Waals surface area (Å²) >= 11 is 0. The van der Waals surface area contributed by atoms with Crippen molar-refractivity contribution >= 4 is 5.97 Å². The zero-order valence-corrected chi connectivity index (χ0v) is 6.19. The fourth-order valence-corrected chi connectivity index (χ4v) is 0. The van der Waals surface area contributed by atoms with Crippen LogP contribution in [0, 0.1) is 0 Å². The maximum Gasteiger partial charge on any atom is 2.00 e. The van der Waals surface area contributed by atoms with Gasteiger partial charge in [0.15, 0.2) is 0 Å². The molecule has 0 bridgehead atoms. The Morgan fingerprint density at radius 2 is 1.11 bits per heavy atom. The Morgan fingerprint density at radius 1 is 1.11 bits per heavy atom. The predicted octanol–water partition coefficient (Wildman–Crippen LogP) is -4.55. The predicted molar refractivity (Wildman–Crippen MR) is 25.1 cm³/mol. The van der Waals surface area contributed by atoms with E-state index < -0.39 is 5.97 Å². The first-order valence-electron chi connectivity index (χ1n) is 0.908. The largest absolute Gasteiger partial charge is 2.00 e.